The molecule has 0 aliphatic carbocycles. The Morgan fingerprint density at radius 1 is 0.710 bits per heavy atom. The number of rotatable bonds is 8. The van der Waals surface area contributed by atoms with E-state index >= 15 is 0 Å². The predicted octanol–water partition coefficient (Wildman–Crippen LogP) is 3.28. The summed E-state index contributed by atoms with van der Waals surface area (Å²) in [5, 5.41) is 18.4. The van der Waals surface area contributed by atoms with Gasteiger partial charge in [0.2, 0.25) is 0 Å². The fraction of sp³-hybridized carbons (Fsp3) is 0.400. The predicted molar refractivity (Wildman–Crippen MR) is 109 cm³/mol. The van der Waals surface area contributed by atoms with Gasteiger partial charge in [0.1, 0.15) is 31.7 Å². The quantitative estimate of drug-likeness (QED) is 0.396. The first-order valence-corrected chi connectivity index (χ1v) is 12.3. The molecule has 0 aliphatic heterocycles. The van der Waals surface area contributed by atoms with Gasteiger partial charge in [-0.3, -0.25) is 0 Å². The topological polar surface area (TPSA) is 155 Å². The Morgan fingerprint density at radius 2 is 1.03 bits per heavy atom. The molecule has 0 saturated heterocycles. The zero-order chi connectivity index (χ0) is 22.9. The number of aryl methyl sites for hydroxylation is 2. The van der Waals surface area contributed by atoms with E-state index in [0.29, 0.717) is 12.8 Å². The van der Waals surface area contributed by atoms with Gasteiger partial charge in [-0.25, -0.2) is 16.8 Å². The molecule has 0 atom stereocenters. The van der Waals surface area contributed by atoms with Gasteiger partial charge in [0.05, 0.1) is 9.79 Å². The van der Waals surface area contributed by atoms with Crippen molar-refractivity contribution < 1.29 is 53.2 Å². The Balaban J connectivity index is 0.000000562. The molecule has 0 bridgehead atoms. The first kappa shape index (κ1) is 29.4. The van der Waals surface area contributed by atoms with E-state index in [1.165, 1.54) is 24.3 Å². The molecule has 1 radical (unpaired) electrons. The minimum absolute atomic E-state index is 0. The molecule has 2 aromatic rings. The summed E-state index contributed by atoms with van der Waals surface area (Å²) < 4.78 is 64.6. The first-order valence-electron chi connectivity index (χ1n) is 9.45. The summed E-state index contributed by atoms with van der Waals surface area (Å²) in [6.07, 6.45) is 5.23. The van der Waals surface area contributed by atoms with E-state index in [2.05, 4.69) is 0 Å². The number of hydrogen-bond donors (Lipinski definition) is 2. The molecular formula is C20H26CuO8S2. The Kier molecular flexibility index (Phi) is 12.4. The van der Waals surface area contributed by atoms with Crippen molar-refractivity contribution in [1.29, 1.82) is 0 Å². The van der Waals surface area contributed by atoms with Crippen LogP contribution in [-0.4, -0.2) is 36.2 Å². The summed E-state index contributed by atoms with van der Waals surface area (Å²) in [5.41, 5.74) is 1.51. The Hall–Kier alpha value is -1.62. The van der Waals surface area contributed by atoms with Crippen molar-refractivity contribution in [1.82, 2.24) is 0 Å². The minimum atomic E-state index is -4.58. The van der Waals surface area contributed by atoms with Crippen LogP contribution in [0.4, 0.5) is 0 Å². The SMILES string of the molecule is CCCCc1ccc(O)c(S(=O)(=O)[O-])c1.CCCCc1ccc(O)c(S(=O)(=O)[O-])c1.[Cu+2]. The van der Waals surface area contributed by atoms with Crippen molar-refractivity contribution in [3.8, 4) is 11.5 Å². The Bertz CT molecular complexity index is 965. The van der Waals surface area contributed by atoms with E-state index < -0.39 is 41.5 Å². The molecule has 2 rings (SSSR count). The third kappa shape index (κ3) is 10.0. The van der Waals surface area contributed by atoms with Crippen LogP contribution in [0.15, 0.2) is 46.2 Å². The van der Waals surface area contributed by atoms with E-state index in [4.69, 9.17) is 0 Å². The third-order valence-corrected chi connectivity index (χ3v) is 5.96. The Morgan fingerprint density at radius 3 is 1.29 bits per heavy atom. The fourth-order valence-electron chi connectivity index (χ4n) is 2.59. The molecule has 0 aliphatic rings. The molecular weight excluding hydrogens is 496 g/mol. The van der Waals surface area contributed by atoms with Crippen molar-refractivity contribution >= 4 is 20.2 Å². The summed E-state index contributed by atoms with van der Waals surface area (Å²) in [6, 6.07) is 8.23. The van der Waals surface area contributed by atoms with Crippen LogP contribution in [0.1, 0.15) is 50.7 Å². The van der Waals surface area contributed by atoms with Crippen LogP contribution < -0.4 is 0 Å². The van der Waals surface area contributed by atoms with Gasteiger partial charge in [-0.05, 0) is 61.1 Å². The number of phenolic OH excluding ortho intramolecular Hbond substituents is 2. The zero-order valence-electron chi connectivity index (χ0n) is 17.2. The molecule has 0 aromatic heterocycles. The van der Waals surface area contributed by atoms with Crippen molar-refractivity contribution in [2.24, 2.45) is 0 Å². The average molecular weight is 522 g/mol. The van der Waals surface area contributed by atoms with E-state index in [1.807, 2.05) is 13.8 Å². The second-order valence-corrected chi connectivity index (χ2v) is 9.42. The van der Waals surface area contributed by atoms with Gasteiger partial charge in [0.25, 0.3) is 0 Å². The molecule has 8 nitrogen and oxygen atoms in total. The van der Waals surface area contributed by atoms with Crippen LogP contribution in [0.3, 0.4) is 0 Å². The van der Waals surface area contributed by atoms with Crippen molar-refractivity contribution in [2.75, 3.05) is 0 Å². The molecule has 0 spiro atoms. The van der Waals surface area contributed by atoms with Crippen molar-refractivity contribution in [3.63, 3.8) is 0 Å². The largest absolute Gasteiger partial charge is 2.00 e. The summed E-state index contributed by atoms with van der Waals surface area (Å²) >= 11 is 0. The second-order valence-electron chi connectivity index (χ2n) is 6.72. The summed E-state index contributed by atoms with van der Waals surface area (Å²) in [5.74, 6) is -0.963. The summed E-state index contributed by atoms with van der Waals surface area (Å²) in [6.45, 7) is 4.04. The first-order chi connectivity index (χ1) is 13.9. The van der Waals surface area contributed by atoms with Crippen LogP contribution >= 0.6 is 0 Å². The molecule has 0 saturated carbocycles. The standard InChI is InChI=1S/2C10H14O4S.Cu/c2*1-2-3-4-8-5-6-9(11)10(7-8)15(12,13)14;/h2*5-7,11H,2-4H2,1H3,(H,12,13,14);/q;;+2/p-2. The molecule has 0 unspecified atom stereocenters. The van der Waals surface area contributed by atoms with Gasteiger partial charge in [-0.2, -0.15) is 0 Å². The maximum absolute atomic E-state index is 10.8. The molecule has 177 valence electrons. The van der Waals surface area contributed by atoms with E-state index in [1.54, 1.807) is 12.1 Å². The summed E-state index contributed by atoms with van der Waals surface area (Å²) in [7, 11) is -9.16. The number of aromatic hydroxyl groups is 2. The van der Waals surface area contributed by atoms with Gasteiger partial charge < -0.3 is 19.3 Å². The Labute approximate surface area is 194 Å². The van der Waals surface area contributed by atoms with Crippen LogP contribution in [0.25, 0.3) is 0 Å². The van der Waals surface area contributed by atoms with Gasteiger partial charge in [-0.15, -0.1) is 0 Å². The number of benzene rings is 2. The summed E-state index contributed by atoms with van der Waals surface area (Å²) in [4.78, 5) is -1.06. The van der Waals surface area contributed by atoms with E-state index in [0.717, 1.165) is 36.8 Å². The van der Waals surface area contributed by atoms with Crippen molar-refractivity contribution in [2.45, 2.75) is 62.2 Å². The number of unbranched alkanes of at least 4 members (excludes halogenated alkanes) is 2. The van der Waals surface area contributed by atoms with E-state index in [-0.39, 0.29) is 17.1 Å². The maximum Gasteiger partial charge on any atom is 2.00 e. The fourth-order valence-corrected chi connectivity index (χ4v) is 3.83. The van der Waals surface area contributed by atoms with Gasteiger partial charge >= 0.3 is 17.1 Å². The van der Waals surface area contributed by atoms with Crippen LogP contribution in [0.2, 0.25) is 0 Å². The number of phenols is 2. The normalized spacial score (nSPS) is 11.2. The number of hydrogen-bond acceptors (Lipinski definition) is 8. The minimum Gasteiger partial charge on any atom is -0.744 e. The molecule has 2 N–H and O–H groups in total. The zero-order valence-corrected chi connectivity index (χ0v) is 19.7. The van der Waals surface area contributed by atoms with Gasteiger partial charge in [0.15, 0.2) is 0 Å². The molecule has 0 amide bonds. The van der Waals surface area contributed by atoms with Crippen LogP contribution in [-0.2, 0) is 50.1 Å². The van der Waals surface area contributed by atoms with Gasteiger partial charge in [-0.1, -0.05) is 38.8 Å². The monoisotopic (exact) mass is 521 g/mol. The van der Waals surface area contributed by atoms with E-state index in [9.17, 15) is 36.2 Å². The average Bonchev–Trinajstić information content (AvgIpc) is 2.65. The molecule has 11 heteroatoms. The van der Waals surface area contributed by atoms with Crippen LogP contribution in [0.5, 0.6) is 11.5 Å². The molecule has 2 aromatic carbocycles. The maximum atomic E-state index is 10.8. The molecule has 0 heterocycles. The third-order valence-electron chi connectivity index (χ3n) is 4.23. The van der Waals surface area contributed by atoms with Gasteiger partial charge in [0, 0.05) is 0 Å². The molecule has 31 heavy (non-hydrogen) atoms. The molecule has 0 fully saturated rings. The van der Waals surface area contributed by atoms with Crippen molar-refractivity contribution in [3.05, 3.63) is 47.5 Å². The van der Waals surface area contributed by atoms with Crippen LogP contribution in [0, 0.1) is 0 Å². The second kappa shape index (κ2) is 13.0. The smallest absolute Gasteiger partial charge is 0.744 e.